The average Bonchev–Trinajstić information content (AvgIpc) is 2.33. The van der Waals surface area contributed by atoms with Gasteiger partial charge in [-0.15, -0.1) is 0 Å². The summed E-state index contributed by atoms with van der Waals surface area (Å²) in [6, 6.07) is 1.64. The maximum Gasteiger partial charge on any atom is 0.194 e. The van der Waals surface area contributed by atoms with Crippen molar-refractivity contribution in [2.75, 3.05) is 13.7 Å². The van der Waals surface area contributed by atoms with Crippen molar-refractivity contribution in [3.63, 3.8) is 0 Å². The van der Waals surface area contributed by atoms with Crippen LogP contribution in [0.1, 0.15) is 25.5 Å². The minimum Gasteiger partial charge on any atom is -0.380 e. The summed E-state index contributed by atoms with van der Waals surface area (Å²) in [7, 11) is 1.48. The molecule has 0 aliphatic carbocycles. The molecule has 0 aliphatic rings. The summed E-state index contributed by atoms with van der Waals surface area (Å²) in [6.45, 7) is 4.14. The Labute approximate surface area is 98.8 Å². The maximum absolute atomic E-state index is 13.6. The van der Waals surface area contributed by atoms with E-state index in [4.69, 9.17) is 4.74 Å². The van der Waals surface area contributed by atoms with E-state index in [-0.39, 0.29) is 11.7 Å². The molecule has 5 heteroatoms. The molecule has 96 valence electrons. The highest BCUT2D eigenvalue weighted by molar-refractivity contribution is 5.24. The van der Waals surface area contributed by atoms with Crippen molar-refractivity contribution in [3.8, 4) is 0 Å². The predicted octanol–water partition coefficient (Wildman–Crippen LogP) is 2.79. The maximum atomic E-state index is 13.6. The van der Waals surface area contributed by atoms with Gasteiger partial charge in [0.05, 0.1) is 12.1 Å². The van der Waals surface area contributed by atoms with Gasteiger partial charge in [-0.1, -0.05) is 13.0 Å². The molecule has 2 atom stereocenters. The Kier molecular flexibility index (Phi) is 4.96. The van der Waals surface area contributed by atoms with Crippen LogP contribution in [0.25, 0.3) is 0 Å². The molecule has 2 unspecified atom stereocenters. The molecule has 1 aromatic carbocycles. The first-order chi connectivity index (χ1) is 8.02. The quantitative estimate of drug-likeness (QED) is 0.808. The van der Waals surface area contributed by atoms with Crippen LogP contribution in [0.4, 0.5) is 13.2 Å². The summed E-state index contributed by atoms with van der Waals surface area (Å²) in [6.07, 6.45) is -0.352. The first-order valence-corrected chi connectivity index (χ1v) is 5.42. The summed E-state index contributed by atoms with van der Waals surface area (Å²) < 4.78 is 44.7. The number of rotatable bonds is 5. The molecule has 0 amide bonds. The average molecular weight is 247 g/mol. The fourth-order valence-corrected chi connectivity index (χ4v) is 1.67. The summed E-state index contributed by atoms with van der Waals surface area (Å²) in [5, 5.41) is 2.98. The standard InChI is InChI=1S/C12H16F3NO/c1-4-16-12(7(2)17-3)8-5-6-9(13)11(15)10(8)14/h5-7,12,16H,4H2,1-3H3. The zero-order valence-corrected chi connectivity index (χ0v) is 10.1. The Bertz CT molecular complexity index is 384. The second-order valence-corrected chi connectivity index (χ2v) is 3.74. The molecule has 0 radical (unpaired) electrons. The lowest BCUT2D eigenvalue weighted by Crippen LogP contribution is -2.32. The van der Waals surface area contributed by atoms with E-state index >= 15 is 0 Å². The van der Waals surface area contributed by atoms with Gasteiger partial charge >= 0.3 is 0 Å². The van der Waals surface area contributed by atoms with Crippen LogP contribution in [0.2, 0.25) is 0 Å². The molecule has 1 rings (SSSR count). The molecule has 0 aromatic heterocycles. The first kappa shape index (κ1) is 14.0. The van der Waals surface area contributed by atoms with Gasteiger partial charge in [-0.3, -0.25) is 0 Å². The summed E-state index contributed by atoms with van der Waals surface area (Å²) in [5.74, 6) is -3.81. The van der Waals surface area contributed by atoms with E-state index in [9.17, 15) is 13.2 Å². The number of hydrogen-bond acceptors (Lipinski definition) is 2. The molecule has 0 bridgehead atoms. The van der Waals surface area contributed by atoms with E-state index in [0.717, 1.165) is 6.07 Å². The zero-order valence-electron chi connectivity index (χ0n) is 10.1. The summed E-state index contributed by atoms with van der Waals surface area (Å²) in [4.78, 5) is 0. The second-order valence-electron chi connectivity index (χ2n) is 3.74. The van der Waals surface area contributed by atoms with Crippen molar-refractivity contribution in [2.24, 2.45) is 0 Å². The number of halogens is 3. The van der Waals surface area contributed by atoms with E-state index in [1.165, 1.54) is 13.2 Å². The van der Waals surface area contributed by atoms with Gasteiger partial charge in [0.1, 0.15) is 0 Å². The van der Waals surface area contributed by atoms with E-state index in [2.05, 4.69) is 5.32 Å². The lowest BCUT2D eigenvalue weighted by atomic mass is 10.0. The van der Waals surface area contributed by atoms with Crippen LogP contribution in [0.15, 0.2) is 12.1 Å². The van der Waals surface area contributed by atoms with Crippen LogP contribution < -0.4 is 5.32 Å². The van der Waals surface area contributed by atoms with Crippen LogP contribution in [0, 0.1) is 17.5 Å². The van der Waals surface area contributed by atoms with Gasteiger partial charge in [0.2, 0.25) is 0 Å². The van der Waals surface area contributed by atoms with Crippen molar-refractivity contribution in [1.29, 1.82) is 0 Å². The highest BCUT2D eigenvalue weighted by atomic mass is 19.2. The molecule has 0 saturated heterocycles. The van der Waals surface area contributed by atoms with Gasteiger partial charge in [0.15, 0.2) is 17.5 Å². The lowest BCUT2D eigenvalue weighted by molar-refractivity contribution is 0.0820. The lowest BCUT2D eigenvalue weighted by Gasteiger charge is -2.24. The predicted molar refractivity (Wildman–Crippen MR) is 59.2 cm³/mol. The van der Waals surface area contributed by atoms with Crippen LogP contribution >= 0.6 is 0 Å². The fourth-order valence-electron chi connectivity index (χ4n) is 1.67. The molecular formula is C12H16F3NO. The molecule has 0 aliphatic heterocycles. The molecule has 0 saturated carbocycles. The Balaban J connectivity index is 3.14. The second kappa shape index (κ2) is 6.02. The number of ether oxygens (including phenoxy) is 1. The highest BCUT2D eigenvalue weighted by Gasteiger charge is 2.24. The smallest absolute Gasteiger partial charge is 0.194 e. The van der Waals surface area contributed by atoms with Crippen LogP contribution in [0.3, 0.4) is 0 Å². The van der Waals surface area contributed by atoms with Crippen LogP contribution in [-0.2, 0) is 4.74 Å². The molecule has 0 heterocycles. The summed E-state index contributed by atoms with van der Waals surface area (Å²) >= 11 is 0. The highest BCUT2D eigenvalue weighted by Crippen LogP contribution is 2.24. The van der Waals surface area contributed by atoms with Crippen molar-refractivity contribution >= 4 is 0 Å². The molecule has 1 N–H and O–H groups in total. The van der Waals surface area contributed by atoms with Gasteiger partial charge in [0, 0.05) is 12.7 Å². The SMILES string of the molecule is CCNC(c1ccc(F)c(F)c1F)C(C)OC. The van der Waals surface area contributed by atoms with Gasteiger partial charge in [-0.05, 0) is 19.5 Å². The van der Waals surface area contributed by atoms with Crippen LogP contribution in [0.5, 0.6) is 0 Å². The largest absolute Gasteiger partial charge is 0.380 e. The third kappa shape index (κ3) is 2.98. The van der Waals surface area contributed by atoms with Crippen molar-refractivity contribution in [2.45, 2.75) is 26.0 Å². The van der Waals surface area contributed by atoms with Gasteiger partial charge < -0.3 is 10.1 Å². The number of likely N-dealkylation sites (N-methyl/N-ethyl adjacent to an activating group) is 1. The third-order valence-electron chi connectivity index (χ3n) is 2.67. The third-order valence-corrected chi connectivity index (χ3v) is 2.67. The first-order valence-electron chi connectivity index (χ1n) is 5.42. The van der Waals surface area contributed by atoms with E-state index in [1.54, 1.807) is 6.92 Å². The Morgan fingerprint density at radius 3 is 2.41 bits per heavy atom. The Morgan fingerprint density at radius 2 is 1.88 bits per heavy atom. The van der Waals surface area contributed by atoms with Gasteiger partial charge in [-0.2, -0.15) is 0 Å². The molecule has 17 heavy (non-hydrogen) atoms. The number of nitrogens with one attached hydrogen (secondary N) is 1. The van der Waals surface area contributed by atoms with Crippen LogP contribution in [-0.4, -0.2) is 19.8 Å². The van der Waals surface area contributed by atoms with Crippen molar-refractivity contribution in [3.05, 3.63) is 35.1 Å². The number of hydrogen-bond donors (Lipinski definition) is 1. The Hall–Kier alpha value is -1.07. The topological polar surface area (TPSA) is 21.3 Å². The summed E-state index contributed by atoms with van der Waals surface area (Å²) in [5.41, 5.74) is 0.0695. The molecular weight excluding hydrogens is 231 g/mol. The van der Waals surface area contributed by atoms with E-state index in [1.807, 2.05) is 6.92 Å². The van der Waals surface area contributed by atoms with Crippen molar-refractivity contribution in [1.82, 2.24) is 5.32 Å². The Morgan fingerprint density at radius 1 is 1.24 bits per heavy atom. The van der Waals surface area contributed by atoms with E-state index < -0.39 is 23.5 Å². The minimum atomic E-state index is -1.45. The number of benzene rings is 1. The molecule has 1 aromatic rings. The minimum absolute atomic E-state index is 0.0695. The molecule has 2 nitrogen and oxygen atoms in total. The van der Waals surface area contributed by atoms with Gasteiger partial charge in [-0.25, -0.2) is 13.2 Å². The zero-order chi connectivity index (χ0) is 13.0. The molecule has 0 fully saturated rings. The monoisotopic (exact) mass is 247 g/mol. The normalized spacial score (nSPS) is 14.7. The van der Waals surface area contributed by atoms with Crippen molar-refractivity contribution < 1.29 is 17.9 Å². The molecule has 0 spiro atoms. The number of methoxy groups -OCH3 is 1. The van der Waals surface area contributed by atoms with E-state index in [0.29, 0.717) is 6.54 Å². The fraction of sp³-hybridized carbons (Fsp3) is 0.500. The van der Waals surface area contributed by atoms with Gasteiger partial charge in [0.25, 0.3) is 0 Å².